The molecule has 0 atom stereocenters. The Morgan fingerprint density at radius 3 is 3.00 bits per heavy atom. The van der Waals surface area contributed by atoms with Gasteiger partial charge < -0.3 is 9.84 Å². The average molecular weight is 244 g/mol. The predicted molar refractivity (Wildman–Crippen MR) is 68.8 cm³/mol. The first-order valence-corrected chi connectivity index (χ1v) is 6.09. The van der Waals surface area contributed by atoms with E-state index < -0.39 is 0 Å². The molecule has 0 aliphatic heterocycles. The monoisotopic (exact) mass is 244 g/mol. The molecule has 1 N–H and O–H groups in total. The van der Waals surface area contributed by atoms with E-state index >= 15 is 0 Å². The highest BCUT2D eigenvalue weighted by Gasteiger charge is 2.25. The van der Waals surface area contributed by atoms with Crippen molar-refractivity contribution in [1.29, 1.82) is 0 Å². The van der Waals surface area contributed by atoms with Crippen LogP contribution in [-0.2, 0) is 13.0 Å². The summed E-state index contributed by atoms with van der Waals surface area (Å²) in [4.78, 5) is 0. The molecule has 0 fully saturated rings. The maximum Gasteiger partial charge on any atom is 0.119 e. The summed E-state index contributed by atoms with van der Waals surface area (Å²) in [6, 6.07) is 6.13. The first-order chi connectivity index (χ1) is 8.74. The Labute approximate surface area is 106 Å². The van der Waals surface area contributed by atoms with Gasteiger partial charge in [-0.25, -0.2) is 0 Å². The van der Waals surface area contributed by atoms with E-state index in [1.165, 1.54) is 16.7 Å². The first kappa shape index (κ1) is 11.3. The summed E-state index contributed by atoms with van der Waals surface area (Å²) >= 11 is 0. The molecule has 1 heterocycles. The van der Waals surface area contributed by atoms with Crippen molar-refractivity contribution in [3.63, 3.8) is 0 Å². The fourth-order valence-corrected chi connectivity index (χ4v) is 2.65. The molecule has 18 heavy (non-hydrogen) atoms. The second-order valence-electron chi connectivity index (χ2n) is 4.56. The lowest BCUT2D eigenvalue weighted by Crippen LogP contribution is -2.05. The van der Waals surface area contributed by atoms with E-state index in [-0.39, 0.29) is 6.61 Å². The fourth-order valence-electron chi connectivity index (χ4n) is 2.65. The lowest BCUT2D eigenvalue weighted by Gasteiger charge is -2.07. The Bertz CT molecular complexity index is 602. The molecule has 0 saturated heterocycles. The largest absolute Gasteiger partial charge is 0.497 e. The van der Waals surface area contributed by atoms with E-state index in [0.717, 1.165) is 23.6 Å². The van der Waals surface area contributed by atoms with Crippen molar-refractivity contribution in [1.82, 2.24) is 9.78 Å². The standard InChI is InChI=1S/C14H16N2O2/c1-9-13-8-10-7-11(18-2)3-4-12(10)14(13)16(15-9)5-6-17/h3-4,7,17H,5-6,8H2,1-2H3. The SMILES string of the molecule is COc1ccc2c(c1)Cc1c(C)nn(CCO)c1-2. The van der Waals surface area contributed by atoms with E-state index in [2.05, 4.69) is 17.2 Å². The quantitative estimate of drug-likeness (QED) is 0.763. The summed E-state index contributed by atoms with van der Waals surface area (Å²) < 4.78 is 7.17. The van der Waals surface area contributed by atoms with E-state index in [1.807, 2.05) is 17.7 Å². The van der Waals surface area contributed by atoms with Crippen LogP contribution in [0.3, 0.4) is 0 Å². The number of fused-ring (bicyclic) bond motifs is 3. The minimum atomic E-state index is 0.110. The third kappa shape index (κ3) is 1.53. The van der Waals surface area contributed by atoms with Gasteiger partial charge in [-0.05, 0) is 30.7 Å². The molecule has 2 aromatic rings. The van der Waals surface area contributed by atoms with Crippen LogP contribution in [-0.4, -0.2) is 28.6 Å². The predicted octanol–water partition coefficient (Wildman–Crippen LogP) is 1.76. The molecule has 0 unspecified atom stereocenters. The van der Waals surface area contributed by atoms with E-state index in [9.17, 15) is 0 Å². The summed E-state index contributed by atoms with van der Waals surface area (Å²) in [5.74, 6) is 0.887. The van der Waals surface area contributed by atoms with Crippen LogP contribution in [0.4, 0.5) is 0 Å². The Balaban J connectivity index is 2.14. The summed E-state index contributed by atoms with van der Waals surface area (Å²) in [5.41, 5.74) is 5.95. The molecule has 1 aliphatic carbocycles. The van der Waals surface area contributed by atoms with Crippen molar-refractivity contribution < 1.29 is 9.84 Å². The highest BCUT2D eigenvalue weighted by atomic mass is 16.5. The number of aromatic nitrogens is 2. The smallest absolute Gasteiger partial charge is 0.119 e. The molecule has 1 aromatic carbocycles. The van der Waals surface area contributed by atoms with Gasteiger partial charge in [0, 0.05) is 17.5 Å². The number of aliphatic hydroxyl groups is 1. The number of hydrogen-bond donors (Lipinski definition) is 1. The second kappa shape index (κ2) is 4.14. The minimum Gasteiger partial charge on any atom is -0.497 e. The molecule has 0 saturated carbocycles. The number of hydrogen-bond acceptors (Lipinski definition) is 3. The minimum absolute atomic E-state index is 0.110. The van der Waals surface area contributed by atoms with Gasteiger partial charge in [0.2, 0.25) is 0 Å². The van der Waals surface area contributed by atoms with E-state index in [4.69, 9.17) is 9.84 Å². The first-order valence-electron chi connectivity index (χ1n) is 6.09. The maximum absolute atomic E-state index is 9.11. The summed E-state index contributed by atoms with van der Waals surface area (Å²) in [6.45, 7) is 2.68. The highest BCUT2D eigenvalue weighted by molar-refractivity contribution is 5.75. The van der Waals surface area contributed by atoms with E-state index in [1.54, 1.807) is 7.11 Å². The molecule has 4 heteroatoms. The zero-order valence-electron chi connectivity index (χ0n) is 10.6. The number of nitrogens with zero attached hydrogens (tertiary/aromatic N) is 2. The topological polar surface area (TPSA) is 47.3 Å². The van der Waals surface area contributed by atoms with Gasteiger partial charge in [-0.3, -0.25) is 4.68 Å². The Morgan fingerprint density at radius 1 is 1.44 bits per heavy atom. The highest BCUT2D eigenvalue weighted by Crippen LogP contribution is 2.39. The number of benzene rings is 1. The molecular weight excluding hydrogens is 228 g/mol. The molecule has 0 spiro atoms. The molecule has 4 nitrogen and oxygen atoms in total. The van der Waals surface area contributed by atoms with Gasteiger partial charge in [-0.2, -0.15) is 5.10 Å². The number of aryl methyl sites for hydroxylation is 1. The zero-order valence-corrected chi connectivity index (χ0v) is 10.6. The molecule has 0 amide bonds. The molecular formula is C14H16N2O2. The van der Waals surface area contributed by atoms with Crippen LogP contribution in [0.1, 0.15) is 16.8 Å². The fraction of sp³-hybridized carbons (Fsp3) is 0.357. The van der Waals surface area contributed by atoms with Crippen LogP contribution in [0, 0.1) is 6.92 Å². The van der Waals surface area contributed by atoms with Gasteiger partial charge in [-0.15, -0.1) is 0 Å². The summed E-state index contributed by atoms with van der Waals surface area (Å²) in [5, 5.41) is 13.6. The van der Waals surface area contributed by atoms with Crippen LogP contribution in [0.25, 0.3) is 11.3 Å². The average Bonchev–Trinajstić information content (AvgIpc) is 2.88. The van der Waals surface area contributed by atoms with Crippen molar-refractivity contribution in [3.8, 4) is 17.0 Å². The molecule has 0 bridgehead atoms. The molecule has 1 aliphatic rings. The van der Waals surface area contributed by atoms with E-state index in [0.29, 0.717) is 6.54 Å². The second-order valence-corrected chi connectivity index (χ2v) is 4.56. The van der Waals surface area contributed by atoms with Crippen LogP contribution in [0.2, 0.25) is 0 Å². The van der Waals surface area contributed by atoms with Crippen LogP contribution >= 0.6 is 0 Å². The maximum atomic E-state index is 9.11. The van der Waals surface area contributed by atoms with Gasteiger partial charge in [0.15, 0.2) is 0 Å². The van der Waals surface area contributed by atoms with Crippen LogP contribution < -0.4 is 4.74 Å². The van der Waals surface area contributed by atoms with Crippen molar-refractivity contribution in [2.75, 3.05) is 13.7 Å². The summed E-state index contributed by atoms with van der Waals surface area (Å²) in [7, 11) is 1.68. The summed E-state index contributed by atoms with van der Waals surface area (Å²) in [6.07, 6.45) is 0.902. The third-order valence-electron chi connectivity index (χ3n) is 3.50. The molecule has 1 aromatic heterocycles. The van der Waals surface area contributed by atoms with Crippen LogP contribution in [0.5, 0.6) is 5.75 Å². The van der Waals surface area contributed by atoms with Gasteiger partial charge in [-0.1, -0.05) is 0 Å². The lowest BCUT2D eigenvalue weighted by atomic mass is 10.1. The normalized spacial score (nSPS) is 12.4. The number of aliphatic hydroxyl groups excluding tert-OH is 1. The Morgan fingerprint density at radius 2 is 2.28 bits per heavy atom. The Hall–Kier alpha value is -1.81. The zero-order chi connectivity index (χ0) is 12.7. The van der Waals surface area contributed by atoms with Gasteiger partial charge in [0.05, 0.1) is 31.6 Å². The van der Waals surface area contributed by atoms with Gasteiger partial charge >= 0.3 is 0 Å². The van der Waals surface area contributed by atoms with Crippen molar-refractivity contribution in [2.24, 2.45) is 0 Å². The van der Waals surface area contributed by atoms with Crippen molar-refractivity contribution in [2.45, 2.75) is 19.9 Å². The molecule has 0 radical (unpaired) electrons. The van der Waals surface area contributed by atoms with Gasteiger partial charge in [0.25, 0.3) is 0 Å². The van der Waals surface area contributed by atoms with Crippen LogP contribution in [0.15, 0.2) is 18.2 Å². The number of rotatable bonds is 3. The third-order valence-corrected chi connectivity index (χ3v) is 3.50. The van der Waals surface area contributed by atoms with Crippen molar-refractivity contribution in [3.05, 3.63) is 35.0 Å². The Kier molecular flexibility index (Phi) is 2.59. The molecule has 94 valence electrons. The van der Waals surface area contributed by atoms with Crippen molar-refractivity contribution >= 4 is 0 Å². The lowest BCUT2D eigenvalue weighted by molar-refractivity contribution is 0.270. The number of methoxy groups -OCH3 is 1. The van der Waals surface area contributed by atoms with Gasteiger partial charge in [0.1, 0.15) is 5.75 Å². The molecule has 3 rings (SSSR count). The number of ether oxygens (including phenoxy) is 1.